The van der Waals surface area contributed by atoms with Crippen molar-refractivity contribution in [1.82, 2.24) is 9.13 Å². The van der Waals surface area contributed by atoms with E-state index in [1.54, 1.807) is 0 Å². The van der Waals surface area contributed by atoms with Gasteiger partial charge in [-0.05, 0) is 125 Å². The van der Waals surface area contributed by atoms with E-state index in [0.717, 1.165) is 50.4 Å². The summed E-state index contributed by atoms with van der Waals surface area (Å²) in [6, 6.07) is 81.1. The second-order valence-corrected chi connectivity index (χ2v) is 16.2. The Morgan fingerprint density at radius 2 is 0.806 bits per heavy atom. The normalized spacial score (nSPS) is 11.9. The van der Waals surface area contributed by atoms with Crippen LogP contribution in [0.15, 0.2) is 229 Å². The van der Waals surface area contributed by atoms with Gasteiger partial charge < -0.3 is 18.5 Å². The topological polar surface area (TPSA) is 26.2 Å². The first kappa shape index (κ1) is 34.5. The molecule has 0 saturated carbocycles. The summed E-state index contributed by atoms with van der Waals surface area (Å²) in [5.41, 5.74) is 14.5. The molecule has 4 heteroatoms. The number of para-hydroxylation sites is 5. The lowest BCUT2D eigenvalue weighted by Gasteiger charge is -2.26. The highest BCUT2D eigenvalue weighted by atomic mass is 16.3. The first-order chi connectivity index (χ1) is 30.7. The van der Waals surface area contributed by atoms with Crippen molar-refractivity contribution >= 4 is 93.4 Å². The number of nitrogens with zero attached hydrogens (tertiary/aromatic N) is 3. The van der Waals surface area contributed by atoms with Gasteiger partial charge in [0.25, 0.3) is 0 Å². The number of anilines is 3. The van der Waals surface area contributed by atoms with E-state index < -0.39 is 0 Å². The molecule has 0 unspecified atom stereocenters. The fourth-order valence-corrected chi connectivity index (χ4v) is 9.81. The minimum Gasteiger partial charge on any atom is -0.456 e. The second kappa shape index (κ2) is 13.6. The molecule has 0 aliphatic carbocycles. The molecule has 3 heterocycles. The highest BCUT2D eigenvalue weighted by Crippen LogP contribution is 2.42. The van der Waals surface area contributed by atoms with Gasteiger partial charge in [-0.2, -0.15) is 0 Å². The average molecular weight is 792 g/mol. The lowest BCUT2D eigenvalue weighted by atomic mass is 10.0. The summed E-state index contributed by atoms with van der Waals surface area (Å²) >= 11 is 0. The van der Waals surface area contributed by atoms with Crippen molar-refractivity contribution in [3.63, 3.8) is 0 Å². The molecular weight excluding hydrogens is 755 g/mol. The Morgan fingerprint density at radius 3 is 1.55 bits per heavy atom. The Hall–Kier alpha value is -8.34. The molecule has 0 fully saturated rings. The maximum atomic E-state index is 6.28. The molecular formula is C58H37N3O. The summed E-state index contributed by atoms with van der Waals surface area (Å²) in [7, 11) is 0. The van der Waals surface area contributed by atoms with Crippen LogP contribution in [0.2, 0.25) is 0 Å². The molecule has 0 radical (unpaired) electrons. The van der Waals surface area contributed by atoms with E-state index in [9.17, 15) is 0 Å². The number of aromatic nitrogens is 2. The average Bonchev–Trinajstić information content (AvgIpc) is 3.99. The van der Waals surface area contributed by atoms with Crippen molar-refractivity contribution in [2.24, 2.45) is 0 Å². The molecule has 0 amide bonds. The number of hydrogen-bond acceptors (Lipinski definition) is 2. The maximum absolute atomic E-state index is 6.28. The zero-order valence-electron chi connectivity index (χ0n) is 33.6. The van der Waals surface area contributed by atoms with E-state index in [1.165, 1.54) is 65.5 Å². The maximum Gasteiger partial charge on any atom is 0.135 e. The molecule has 4 nitrogen and oxygen atoms in total. The monoisotopic (exact) mass is 791 g/mol. The smallest absolute Gasteiger partial charge is 0.135 e. The molecule has 3 aromatic heterocycles. The first-order valence-corrected chi connectivity index (χ1v) is 21.2. The summed E-state index contributed by atoms with van der Waals surface area (Å²) in [4.78, 5) is 2.36. The van der Waals surface area contributed by atoms with Gasteiger partial charge in [0, 0.05) is 60.8 Å². The van der Waals surface area contributed by atoms with Gasteiger partial charge in [0.15, 0.2) is 0 Å². The molecule has 10 aromatic carbocycles. The Balaban J connectivity index is 0.930. The highest BCUT2D eigenvalue weighted by Gasteiger charge is 2.18. The third-order valence-corrected chi connectivity index (χ3v) is 12.7. The van der Waals surface area contributed by atoms with Crippen LogP contribution in [-0.4, -0.2) is 9.13 Å². The van der Waals surface area contributed by atoms with Crippen LogP contribution in [-0.2, 0) is 0 Å². The van der Waals surface area contributed by atoms with Crippen molar-refractivity contribution in [2.75, 3.05) is 4.90 Å². The van der Waals surface area contributed by atoms with Gasteiger partial charge in [0.2, 0.25) is 0 Å². The third kappa shape index (κ3) is 5.33. The van der Waals surface area contributed by atoms with Crippen LogP contribution in [0.5, 0.6) is 0 Å². The zero-order valence-corrected chi connectivity index (χ0v) is 33.6. The van der Waals surface area contributed by atoms with Gasteiger partial charge in [-0.15, -0.1) is 0 Å². The number of fused-ring (bicyclic) bond motifs is 10. The fourth-order valence-electron chi connectivity index (χ4n) is 9.81. The molecule has 0 spiro atoms. The standard InChI is InChI=1S/C58H37N3O/c1-2-12-42(13-3-1)60-55-20-10-6-16-49(55)51-36-41(26-32-56(51)60)38-22-27-43(28-23-38)59(46-31-33-58-52(37-46)50-17-7-11-21-57(50)62-58)44-29-24-40-35-45(30-25-39(40)34-44)61-53-18-8-4-14-47(53)48-15-5-9-19-54(48)61/h1-37H. The van der Waals surface area contributed by atoms with Crippen molar-refractivity contribution in [1.29, 1.82) is 0 Å². The van der Waals surface area contributed by atoms with E-state index in [2.05, 4.69) is 226 Å². The molecule has 13 rings (SSSR count). The fraction of sp³-hybridized carbons (Fsp3) is 0. The van der Waals surface area contributed by atoms with Crippen molar-refractivity contribution in [2.45, 2.75) is 0 Å². The van der Waals surface area contributed by atoms with Crippen LogP contribution in [0, 0.1) is 0 Å². The molecule has 13 aromatic rings. The summed E-state index contributed by atoms with van der Waals surface area (Å²) in [5, 5.41) is 9.58. The van der Waals surface area contributed by atoms with Crippen LogP contribution in [0.25, 0.3) is 98.8 Å². The van der Waals surface area contributed by atoms with Crippen LogP contribution in [0.4, 0.5) is 17.1 Å². The van der Waals surface area contributed by atoms with E-state index in [1.807, 2.05) is 12.1 Å². The predicted molar refractivity (Wildman–Crippen MR) is 260 cm³/mol. The lowest BCUT2D eigenvalue weighted by Crippen LogP contribution is -2.09. The Labute approximate surface area is 357 Å². The van der Waals surface area contributed by atoms with Crippen LogP contribution in [0.1, 0.15) is 0 Å². The van der Waals surface area contributed by atoms with E-state index in [-0.39, 0.29) is 0 Å². The minimum absolute atomic E-state index is 0.880. The number of furan rings is 1. The molecule has 0 saturated heterocycles. The molecule has 0 aliphatic rings. The number of rotatable bonds is 6. The molecule has 62 heavy (non-hydrogen) atoms. The molecule has 290 valence electrons. The van der Waals surface area contributed by atoms with Crippen LogP contribution in [0.3, 0.4) is 0 Å². The largest absolute Gasteiger partial charge is 0.456 e. The lowest BCUT2D eigenvalue weighted by molar-refractivity contribution is 0.669. The van der Waals surface area contributed by atoms with Crippen molar-refractivity contribution in [3.05, 3.63) is 224 Å². The van der Waals surface area contributed by atoms with Gasteiger partial charge in [-0.25, -0.2) is 0 Å². The van der Waals surface area contributed by atoms with Gasteiger partial charge in [-0.1, -0.05) is 121 Å². The second-order valence-electron chi connectivity index (χ2n) is 16.2. The van der Waals surface area contributed by atoms with Gasteiger partial charge >= 0.3 is 0 Å². The SMILES string of the molecule is c1ccc(-n2c3ccccc3c3cc(-c4ccc(N(c5ccc6cc(-n7c8ccccc8c8ccccc87)ccc6c5)c5ccc6oc7ccccc7c6c5)cc4)ccc32)cc1. The summed E-state index contributed by atoms with van der Waals surface area (Å²) in [6.07, 6.45) is 0. The number of hydrogen-bond donors (Lipinski definition) is 0. The van der Waals surface area contributed by atoms with E-state index in [4.69, 9.17) is 4.42 Å². The van der Waals surface area contributed by atoms with Gasteiger partial charge in [0.1, 0.15) is 11.2 Å². The quantitative estimate of drug-likeness (QED) is 0.168. The molecule has 0 aliphatic heterocycles. The highest BCUT2D eigenvalue weighted by molar-refractivity contribution is 6.11. The van der Waals surface area contributed by atoms with Gasteiger partial charge in [0.05, 0.1) is 22.1 Å². The Bertz CT molecular complexity index is 3820. The van der Waals surface area contributed by atoms with E-state index >= 15 is 0 Å². The van der Waals surface area contributed by atoms with E-state index in [0.29, 0.717) is 0 Å². The Kier molecular flexibility index (Phi) is 7.57. The number of benzene rings is 10. The predicted octanol–water partition coefficient (Wildman–Crippen LogP) is 16.1. The van der Waals surface area contributed by atoms with Crippen LogP contribution >= 0.6 is 0 Å². The Morgan fingerprint density at radius 1 is 0.290 bits per heavy atom. The van der Waals surface area contributed by atoms with Crippen molar-refractivity contribution in [3.8, 4) is 22.5 Å². The molecule has 0 bridgehead atoms. The molecule has 0 N–H and O–H groups in total. The summed E-state index contributed by atoms with van der Waals surface area (Å²) in [5.74, 6) is 0. The van der Waals surface area contributed by atoms with Crippen LogP contribution < -0.4 is 4.90 Å². The first-order valence-electron chi connectivity index (χ1n) is 21.2. The third-order valence-electron chi connectivity index (χ3n) is 12.7. The summed E-state index contributed by atoms with van der Waals surface area (Å²) < 4.78 is 11.0. The molecule has 0 atom stereocenters. The van der Waals surface area contributed by atoms with Gasteiger partial charge in [-0.3, -0.25) is 0 Å². The summed E-state index contributed by atoms with van der Waals surface area (Å²) in [6.45, 7) is 0. The minimum atomic E-state index is 0.880. The van der Waals surface area contributed by atoms with Crippen molar-refractivity contribution < 1.29 is 4.42 Å². The zero-order chi connectivity index (χ0) is 40.7.